The average Bonchev–Trinajstić information content (AvgIpc) is 2.99. The lowest BCUT2D eigenvalue weighted by Crippen LogP contribution is -2.54. The molecule has 43 heavy (non-hydrogen) atoms. The van der Waals surface area contributed by atoms with E-state index < -0.39 is 17.8 Å². The van der Waals surface area contributed by atoms with E-state index in [9.17, 15) is 14.4 Å². The van der Waals surface area contributed by atoms with E-state index >= 15 is 0 Å². The molecule has 218 valence electrons. The highest BCUT2D eigenvalue weighted by Crippen LogP contribution is 2.36. The Labute approximate surface area is 267 Å². The molecule has 0 atom stereocenters. The third-order valence-corrected chi connectivity index (χ3v) is 7.60. The lowest BCUT2D eigenvalue weighted by Gasteiger charge is -2.26. The maximum atomic E-state index is 13.4. The monoisotopic (exact) mass is 708 g/mol. The second-order valence-corrected chi connectivity index (χ2v) is 11.3. The standard InChI is InChI=1S/C33H26ClIN2O6/c1-20-4-3-5-22(14-20)19-43-30-28(35)16-23(17-29(30)41-2)15-27-31(38)36-33(40)37(32(27)39)25-10-12-26(13-11-25)42-18-21-6-8-24(34)9-7-21/h3-17H,18-19H2,1-2H3,(H,36,38,40)/b27-15+. The molecular formula is C33H26ClIN2O6. The van der Waals surface area contributed by atoms with Crippen LogP contribution >= 0.6 is 34.2 Å². The van der Waals surface area contributed by atoms with E-state index in [0.29, 0.717) is 41.0 Å². The molecule has 10 heteroatoms. The number of nitrogens with one attached hydrogen (secondary N) is 1. The number of carbonyl (C=O) groups is 3. The number of barbiturate groups is 1. The predicted molar refractivity (Wildman–Crippen MR) is 172 cm³/mol. The van der Waals surface area contributed by atoms with Gasteiger partial charge in [-0.1, -0.05) is 53.6 Å². The molecule has 1 aliphatic rings. The number of urea groups is 1. The third kappa shape index (κ3) is 7.18. The zero-order chi connectivity index (χ0) is 30.5. The van der Waals surface area contributed by atoms with Gasteiger partial charge in [0.2, 0.25) is 0 Å². The van der Waals surface area contributed by atoms with Gasteiger partial charge in [-0.2, -0.15) is 0 Å². The quantitative estimate of drug-likeness (QED) is 0.113. The van der Waals surface area contributed by atoms with Crippen LogP contribution in [0.3, 0.4) is 0 Å². The van der Waals surface area contributed by atoms with Gasteiger partial charge in [-0.25, -0.2) is 9.69 Å². The van der Waals surface area contributed by atoms with Crippen molar-refractivity contribution in [1.82, 2.24) is 5.32 Å². The topological polar surface area (TPSA) is 94.2 Å². The Morgan fingerprint density at radius 1 is 0.884 bits per heavy atom. The van der Waals surface area contributed by atoms with Crippen molar-refractivity contribution < 1.29 is 28.6 Å². The van der Waals surface area contributed by atoms with Crippen LogP contribution in [0.5, 0.6) is 17.2 Å². The number of nitrogens with zero attached hydrogens (tertiary/aromatic N) is 1. The Balaban J connectivity index is 1.34. The van der Waals surface area contributed by atoms with Crippen LogP contribution in [-0.4, -0.2) is 25.0 Å². The van der Waals surface area contributed by atoms with E-state index in [1.165, 1.54) is 13.2 Å². The molecule has 1 fully saturated rings. The first-order chi connectivity index (χ1) is 20.7. The van der Waals surface area contributed by atoms with E-state index in [0.717, 1.165) is 25.2 Å². The predicted octanol–water partition coefficient (Wildman–Crippen LogP) is 7.09. The van der Waals surface area contributed by atoms with Gasteiger partial charge in [0.25, 0.3) is 11.8 Å². The smallest absolute Gasteiger partial charge is 0.335 e. The number of hydrogen-bond acceptors (Lipinski definition) is 6. The first-order valence-electron chi connectivity index (χ1n) is 13.2. The van der Waals surface area contributed by atoms with Crippen molar-refractivity contribution in [2.45, 2.75) is 20.1 Å². The average molecular weight is 709 g/mol. The Bertz CT molecular complexity index is 1720. The van der Waals surface area contributed by atoms with Gasteiger partial charge in [0.05, 0.1) is 16.4 Å². The summed E-state index contributed by atoms with van der Waals surface area (Å²) in [6, 6.07) is 24.4. The van der Waals surface area contributed by atoms with E-state index in [1.54, 1.807) is 48.5 Å². The van der Waals surface area contributed by atoms with Gasteiger partial charge in [-0.3, -0.25) is 14.9 Å². The SMILES string of the molecule is COc1cc(/C=C2\C(=O)NC(=O)N(c3ccc(OCc4ccc(Cl)cc4)cc3)C2=O)cc(I)c1OCc1cccc(C)c1. The van der Waals surface area contributed by atoms with Crippen LogP contribution in [0.2, 0.25) is 5.02 Å². The molecule has 5 rings (SSSR count). The number of ether oxygens (including phenoxy) is 3. The minimum atomic E-state index is -0.839. The lowest BCUT2D eigenvalue weighted by molar-refractivity contribution is -0.122. The second-order valence-electron chi connectivity index (χ2n) is 9.68. The summed E-state index contributed by atoms with van der Waals surface area (Å²) in [5, 5.41) is 2.89. The van der Waals surface area contributed by atoms with Crippen LogP contribution in [-0.2, 0) is 22.8 Å². The fraction of sp³-hybridized carbons (Fsp3) is 0.121. The fourth-order valence-corrected chi connectivity index (χ4v) is 5.33. The zero-order valence-corrected chi connectivity index (χ0v) is 26.1. The van der Waals surface area contributed by atoms with E-state index in [-0.39, 0.29) is 11.3 Å². The van der Waals surface area contributed by atoms with Gasteiger partial charge >= 0.3 is 6.03 Å². The summed E-state index contributed by atoms with van der Waals surface area (Å²) >= 11 is 8.05. The number of carbonyl (C=O) groups excluding carboxylic acids is 3. The summed E-state index contributed by atoms with van der Waals surface area (Å²) in [5.41, 5.74) is 3.69. The van der Waals surface area contributed by atoms with Crippen molar-refractivity contribution in [3.63, 3.8) is 0 Å². The summed E-state index contributed by atoms with van der Waals surface area (Å²) in [6.07, 6.45) is 1.43. The molecule has 0 radical (unpaired) electrons. The van der Waals surface area contributed by atoms with Crippen LogP contribution in [0.1, 0.15) is 22.3 Å². The number of amides is 4. The number of anilines is 1. The number of benzene rings is 4. The highest BCUT2D eigenvalue weighted by Gasteiger charge is 2.37. The van der Waals surface area contributed by atoms with Gasteiger partial charge in [-0.05, 0) is 101 Å². The van der Waals surface area contributed by atoms with E-state index in [2.05, 4.69) is 27.9 Å². The molecule has 4 aromatic carbocycles. The number of methoxy groups -OCH3 is 1. The van der Waals surface area contributed by atoms with Gasteiger partial charge in [0, 0.05) is 5.02 Å². The Morgan fingerprint density at radius 2 is 1.60 bits per heavy atom. The van der Waals surface area contributed by atoms with Gasteiger partial charge in [0.15, 0.2) is 11.5 Å². The van der Waals surface area contributed by atoms with Crippen molar-refractivity contribution >= 4 is 63.8 Å². The number of rotatable bonds is 9. The summed E-state index contributed by atoms with van der Waals surface area (Å²) in [4.78, 5) is 39.8. The van der Waals surface area contributed by atoms with Crippen LogP contribution in [0, 0.1) is 10.5 Å². The summed E-state index contributed by atoms with van der Waals surface area (Å²) in [6.45, 7) is 2.68. The van der Waals surface area contributed by atoms with Gasteiger partial charge in [-0.15, -0.1) is 0 Å². The summed E-state index contributed by atoms with van der Waals surface area (Å²) < 4.78 is 18.2. The minimum absolute atomic E-state index is 0.200. The third-order valence-electron chi connectivity index (χ3n) is 6.54. The number of halogens is 2. The minimum Gasteiger partial charge on any atom is -0.493 e. The normalized spacial score (nSPS) is 14.1. The molecule has 1 aliphatic heterocycles. The Kier molecular flexibility index (Phi) is 9.32. The lowest BCUT2D eigenvalue weighted by atomic mass is 10.1. The molecular weight excluding hydrogens is 683 g/mol. The van der Waals surface area contributed by atoms with Crippen molar-refractivity contribution in [2.75, 3.05) is 12.0 Å². The number of aryl methyl sites for hydroxylation is 1. The molecule has 1 saturated heterocycles. The van der Waals surface area contributed by atoms with Crippen molar-refractivity contribution in [2.24, 2.45) is 0 Å². The van der Waals surface area contributed by atoms with Crippen LogP contribution < -0.4 is 24.4 Å². The number of hydrogen-bond donors (Lipinski definition) is 1. The first-order valence-corrected chi connectivity index (χ1v) is 14.6. The molecule has 0 bridgehead atoms. The largest absolute Gasteiger partial charge is 0.493 e. The van der Waals surface area contributed by atoms with E-state index in [1.807, 2.05) is 43.3 Å². The summed E-state index contributed by atoms with van der Waals surface area (Å²) in [5.74, 6) is -0.0134. The maximum absolute atomic E-state index is 13.4. The molecule has 0 saturated carbocycles. The van der Waals surface area contributed by atoms with Crippen LogP contribution in [0.25, 0.3) is 6.08 Å². The Hall–Kier alpha value is -4.35. The molecule has 1 N–H and O–H groups in total. The van der Waals surface area contributed by atoms with Gasteiger partial charge < -0.3 is 14.2 Å². The fourth-order valence-electron chi connectivity index (χ4n) is 4.42. The number of imide groups is 2. The van der Waals surface area contributed by atoms with Crippen molar-refractivity contribution in [3.05, 3.63) is 121 Å². The molecule has 0 spiro atoms. The van der Waals surface area contributed by atoms with Crippen molar-refractivity contribution in [1.29, 1.82) is 0 Å². The van der Waals surface area contributed by atoms with E-state index in [4.69, 9.17) is 25.8 Å². The Morgan fingerprint density at radius 3 is 2.30 bits per heavy atom. The van der Waals surface area contributed by atoms with Gasteiger partial charge in [0.1, 0.15) is 24.5 Å². The maximum Gasteiger partial charge on any atom is 0.335 e. The molecule has 0 unspecified atom stereocenters. The van der Waals surface area contributed by atoms with Crippen molar-refractivity contribution in [3.8, 4) is 17.2 Å². The second kappa shape index (κ2) is 13.3. The molecule has 0 aliphatic carbocycles. The molecule has 1 heterocycles. The first kappa shape index (κ1) is 30.1. The molecule has 0 aromatic heterocycles. The highest BCUT2D eigenvalue weighted by atomic mass is 127. The molecule has 4 aromatic rings. The van der Waals surface area contributed by atoms with Crippen LogP contribution in [0.15, 0.2) is 90.5 Å². The summed E-state index contributed by atoms with van der Waals surface area (Å²) in [7, 11) is 1.52. The molecule has 8 nitrogen and oxygen atoms in total. The molecule has 4 amide bonds. The zero-order valence-electron chi connectivity index (χ0n) is 23.2. The van der Waals surface area contributed by atoms with Crippen LogP contribution in [0.4, 0.5) is 10.5 Å². The highest BCUT2D eigenvalue weighted by molar-refractivity contribution is 14.1.